The molecule has 0 saturated heterocycles. The van der Waals surface area contributed by atoms with Gasteiger partial charge in [0, 0.05) is 25.4 Å². The van der Waals surface area contributed by atoms with E-state index in [1.165, 1.54) is 4.90 Å². The number of anilines is 4. The van der Waals surface area contributed by atoms with Crippen molar-refractivity contribution in [2.45, 2.75) is 13.0 Å². The van der Waals surface area contributed by atoms with Gasteiger partial charge in [0.25, 0.3) is 0 Å². The molecule has 2 amide bonds. The number of carbonyl (C=O) groups excluding carboxylic acids is 1. The Balaban J connectivity index is 1.97. The Morgan fingerprint density at radius 1 is 1.10 bits per heavy atom. The predicted molar refractivity (Wildman–Crippen MR) is 126 cm³/mol. The average Bonchev–Trinajstić information content (AvgIpc) is 2.75. The minimum Gasteiger partial charge on any atom is -0.383 e. The van der Waals surface area contributed by atoms with E-state index in [0.29, 0.717) is 24.1 Å². The van der Waals surface area contributed by atoms with E-state index in [4.69, 9.17) is 39.5 Å². The summed E-state index contributed by atoms with van der Waals surface area (Å²) in [6.07, 6.45) is 1.56. The zero-order valence-corrected chi connectivity index (χ0v) is 19.0. The van der Waals surface area contributed by atoms with Crippen LogP contribution in [0.25, 0.3) is 0 Å². The monoisotopic (exact) mass is 479 g/mol. The number of urea groups is 1. The highest BCUT2D eigenvalue weighted by molar-refractivity contribution is 6.46. The number of rotatable bonds is 7. The maximum atomic E-state index is 13.3. The van der Waals surface area contributed by atoms with Gasteiger partial charge in [-0.15, -0.1) is 0 Å². The van der Waals surface area contributed by atoms with Crippen LogP contribution < -0.4 is 15.5 Å². The van der Waals surface area contributed by atoms with Crippen molar-refractivity contribution in [1.82, 2.24) is 9.97 Å². The molecular weight excluding hydrogens is 461 g/mol. The molecule has 7 nitrogen and oxygen atoms in total. The van der Waals surface area contributed by atoms with Crippen LogP contribution in [0, 0.1) is 0 Å². The van der Waals surface area contributed by atoms with Gasteiger partial charge in [-0.1, -0.05) is 53.0 Å². The van der Waals surface area contributed by atoms with Crippen LogP contribution >= 0.6 is 34.8 Å². The molecule has 0 bridgehead atoms. The van der Waals surface area contributed by atoms with Crippen LogP contribution in [0.4, 0.5) is 27.9 Å². The number of aromatic nitrogens is 2. The largest absolute Gasteiger partial charge is 0.383 e. The SMILES string of the molecule is COC[C@H](C)Nc1nccc(N(C(=O)Nc2c(Cl)ccc(Cl)c2Cl)c2ccccc2)n1. The highest BCUT2D eigenvalue weighted by Gasteiger charge is 2.23. The standard InChI is InChI=1S/C21H20Cl3N5O2/c1-13(12-31-2)26-20-25-11-10-17(27-20)29(14-6-4-3-5-7-14)21(30)28-19-16(23)9-8-15(22)18(19)24/h3-11,13H,12H2,1-2H3,(H,28,30)(H,25,26,27)/t13-/m0/s1. The van der Waals surface area contributed by atoms with Gasteiger partial charge in [0.1, 0.15) is 5.82 Å². The maximum Gasteiger partial charge on any atom is 0.332 e. The molecule has 0 aliphatic carbocycles. The Kier molecular flexibility index (Phi) is 7.92. The van der Waals surface area contributed by atoms with Gasteiger partial charge in [-0.25, -0.2) is 14.7 Å². The fourth-order valence-electron chi connectivity index (χ4n) is 2.79. The van der Waals surface area contributed by atoms with Crippen molar-refractivity contribution in [3.05, 3.63) is 69.8 Å². The summed E-state index contributed by atoms with van der Waals surface area (Å²) in [5.74, 6) is 0.703. The topological polar surface area (TPSA) is 79.4 Å². The molecule has 3 rings (SSSR count). The molecule has 162 valence electrons. The number of hydrogen-bond acceptors (Lipinski definition) is 5. The molecule has 0 spiro atoms. The van der Waals surface area contributed by atoms with Crippen molar-refractivity contribution < 1.29 is 9.53 Å². The van der Waals surface area contributed by atoms with Crippen molar-refractivity contribution >= 4 is 64.0 Å². The van der Waals surface area contributed by atoms with Crippen LogP contribution in [0.15, 0.2) is 54.7 Å². The lowest BCUT2D eigenvalue weighted by Gasteiger charge is -2.23. The normalized spacial score (nSPS) is 11.6. The second-order valence-electron chi connectivity index (χ2n) is 6.56. The Labute approximate surface area is 195 Å². The van der Waals surface area contributed by atoms with Crippen LogP contribution in [-0.2, 0) is 4.74 Å². The van der Waals surface area contributed by atoms with Gasteiger partial charge in [-0.05, 0) is 31.2 Å². The van der Waals surface area contributed by atoms with Crippen molar-refractivity contribution in [2.24, 2.45) is 0 Å². The summed E-state index contributed by atoms with van der Waals surface area (Å²) >= 11 is 18.6. The summed E-state index contributed by atoms with van der Waals surface area (Å²) < 4.78 is 5.13. The lowest BCUT2D eigenvalue weighted by Crippen LogP contribution is -2.32. The molecular formula is C21H20Cl3N5O2. The maximum absolute atomic E-state index is 13.3. The van der Waals surface area contributed by atoms with Gasteiger partial charge in [0.05, 0.1) is 33.0 Å². The number of hydrogen-bond donors (Lipinski definition) is 2. The van der Waals surface area contributed by atoms with Gasteiger partial charge in [0.15, 0.2) is 0 Å². The first-order chi connectivity index (χ1) is 14.9. The van der Waals surface area contributed by atoms with Gasteiger partial charge < -0.3 is 15.4 Å². The third-order valence-corrected chi connectivity index (χ3v) is 5.27. The molecule has 31 heavy (non-hydrogen) atoms. The summed E-state index contributed by atoms with van der Waals surface area (Å²) in [4.78, 5) is 23.4. The second kappa shape index (κ2) is 10.6. The highest BCUT2D eigenvalue weighted by atomic mass is 35.5. The van der Waals surface area contributed by atoms with Crippen molar-refractivity contribution in [1.29, 1.82) is 0 Å². The number of ether oxygens (including phenoxy) is 1. The summed E-state index contributed by atoms with van der Waals surface area (Å²) in [5, 5.41) is 6.55. The Bertz CT molecular complexity index is 1050. The molecule has 1 atom stereocenters. The molecule has 0 saturated carbocycles. The Morgan fingerprint density at radius 3 is 2.52 bits per heavy atom. The molecule has 2 aromatic carbocycles. The number of methoxy groups -OCH3 is 1. The zero-order chi connectivity index (χ0) is 22.4. The van der Waals surface area contributed by atoms with Crippen LogP contribution in [0.2, 0.25) is 15.1 Å². The van der Waals surface area contributed by atoms with Crippen LogP contribution in [0.1, 0.15) is 6.92 Å². The molecule has 0 unspecified atom stereocenters. The van der Waals surface area contributed by atoms with Crippen molar-refractivity contribution in [3.8, 4) is 0 Å². The van der Waals surface area contributed by atoms with E-state index in [9.17, 15) is 4.79 Å². The summed E-state index contributed by atoms with van der Waals surface area (Å²) in [7, 11) is 1.61. The summed E-state index contributed by atoms with van der Waals surface area (Å²) in [6, 6.07) is 13.2. The number of benzene rings is 2. The van der Waals surface area contributed by atoms with Gasteiger partial charge in [-0.2, -0.15) is 4.98 Å². The first kappa shape index (κ1) is 23.1. The number of nitrogens with one attached hydrogen (secondary N) is 2. The molecule has 0 aliphatic heterocycles. The molecule has 1 aromatic heterocycles. The number of nitrogens with zero attached hydrogens (tertiary/aromatic N) is 3. The molecule has 0 radical (unpaired) electrons. The molecule has 3 aromatic rings. The smallest absolute Gasteiger partial charge is 0.332 e. The van der Waals surface area contributed by atoms with Gasteiger partial charge in [-0.3, -0.25) is 0 Å². The quantitative estimate of drug-likeness (QED) is 0.391. The lowest BCUT2D eigenvalue weighted by molar-refractivity contribution is 0.190. The number of amides is 2. The third kappa shape index (κ3) is 5.77. The van der Waals surface area contributed by atoms with E-state index in [1.54, 1.807) is 43.6 Å². The minimum absolute atomic E-state index is 0.0247. The lowest BCUT2D eigenvalue weighted by atomic mass is 10.3. The van der Waals surface area contributed by atoms with Crippen LogP contribution in [0.5, 0.6) is 0 Å². The molecule has 1 heterocycles. The number of carbonyl (C=O) groups is 1. The summed E-state index contributed by atoms with van der Waals surface area (Å²) in [6.45, 7) is 2.41. The molecule has 2 N–H and O–H groups in total. The third-order valence-electron chi connectivity index (χ3n) is 4.16. The molecule has 0 fully saturated rings. The zero-order valence-electron chi connectivity index (χ0n) is 16.8. The van der Waals surface area contributed by atoms with Gasteiger partial charge >= 0.3 is 6.03 Å². The van der Waals surface area contributed by atoms with E-state index in [1.807, 2.05) is 25.1 Å². The predicted octanol–water partition coefficient (Wildman–Crippen LogP) is 6.25. The van der Waals surface area contributed by atoms with Crippen LogP contribution in [-0.4, -0.2) is 35.8 Å². The minimum atomic E-state index is -0.521. The number of para-hydroxylation sites is 1. The molecule has 10 heteroatoms. The van der Waals surface area contributed by atoms with Crippen molar-refractivity contribution in [2.75, 3.05) is 29.3 Å². The first-order valence-electron chi connectivity index (χ1n) is 9.29. The fraction of sp³-hybridized carbons (Fsp3) is 0.190. The highest BCUT2D eigenvalue weighted by Crippen LogP contribution is 2.37. The summed E-state index contributed by atoms with van der Waals surface area (Å²) in [5.41, 5.74) is 0.798. The second-order valence-corrected chi connectivity index (χ2v) is 7.75. The van der Waals surface area contributed by atoms with Crippen molar-refractivity contribution in [3.63, 3.8) is 0 Å². The van der Waals surface area contributed by atoms with Gasteiger partial charge in [0.2, 0.25) is 5.95 Å². The average molecular weight is 481 g/mol. The van der Waals surface area contributed by atoms with E-state index < -0.39 is 6.03 Å². The van der Waals surface area contributed by atoms with E-state index in [2.05, 4.69) is 20.6 Å². The van der Waals surface area contributed by atoms with E-state index in [0.717, 1.165) is 0 Å². The molecule has 0 aliphatic rings. The first-order valence-corrected chi connectivity index (χ1v) is 10.4. The Morgan fingerprint density at radius 2 is 1.81 bits per heavy atom. The fourth-order valence-corrected chi connectivity index (χ4v) is 3.41. The van der Waals surface area contributed by atoms with Crippen LogP contribution in [0.3, 0.4) is 0 Å². The van der Waals surface area contributed by atoms with E-state index in [-0.39, 0.29) is 26.8 Å². The number of halogens is 3. The van der Waals surface area contributed by atoms with E-state index >= 15 is 0 Å². The Hall–Kier alpha value is -2.58.